The molecule has 2 aromatic carbocycles. The fourth-order valence-electron chi connectivity index (χ4n) is 3.95. The van der Waals surface area contributed by atoms with Crippen LogP contribution in [0.25, 0.3) is 21.1 Å². The summed E-state index contributed by atoms with van der Waals surface area (Å²) in [6.45, 7) is 4.06. The van der Waals surface area contributed by atoms with E-state index in [9.17, 15) is 0 Å². The number of hydrogen-bond acceptors (Lipinski definition) is 4. The van der Waals surface area contributed by atoms with Gasteiger partial charge in [0.25, 0.3) is 0 Å². The summed E-state index contributed by atoms with van der Waals surface area (Å²) in [6, 6.07) is 12.0. The highest BCUT2D eigenvalue weighted by molar-refractivity contribution is 7.22. The largest absolute Gasteiger partial charge is 0.357 e. The van der Waals surface area contributed by atoms with E-state index in [0.717, 1.165) is 50.4 Å². The molecule has 0 saturated carbocycles. The van der Waals surface area contributed by atoms with Gasteiger partial charge in [-0.15, -0.1) is 0 Å². The smallest absolute Gasteiger partial charge is 0.186 e. The third-order valence-corrected chi connectivity index (χ3v) is 6.73. The van der Waals surface area contributed by atoms with Gasteiger partial charge in [-0.3, -0.25) is 0 Å². The van der Waals surface area contributed by atoms with Crippen molar-refractivity contribution in [3.63, 3.8) is 0 Å². The summed E-state index contributed by atoms with van der Waals surface area (Å²) in [7, 11) is 1.50. The number of halogens is 2. The van der Waals surface area contributed by atoms with Gasteiger partial charge in [0, 0.05) is 39.1 Å². The van der Waals surface area contributed by atoms with Crippen LogP contribution in [0.5, 0.6) is 0 Å². The van der Waals surface area contributed by atoms with Gasteiger partial charge in [-0.05, 0) is 55.4 Å². The molecule has 0 amide bonds. The lowest BCUT2D eigenvalue weighted by Gasteiger charge is -2.32. The predicted octanol–water partition coefficient (Wildman–Crippen LogP) is 6.17. The number of aromatic nitrogens is 2. The van der Waals surface area contributed by atoms with Crippen LogP contribution in [0.4, 0.5) is 5.13 Å². The van der Waals surface area contributed by atoms with E-state index in [1.54, 1.807) is 11.3 Å². The lowest BCUT2D eigenvalue weighted by molar-refractivity contribution is 0.584. The Labute approximate surface area is 178 Å². The molecule has 0 spiro atoms. The third kappa shape index (κ3) is 3.37. The number of aromatic amines is 1. The summed E-state index contributed by atoms with van der Waals surface area (Å²) in [6.07, 6.45) is 1.08. The second-order valence-corrected chi connectivity index (χ2v) is 8.68. The Balaban J connectivity index is 0.000000932. The average Bonchev–Trinajstić information content (AvgIpc) is 3.29. The van der Waals surface area contributed by atoms with Crippen molar-refractivity contribution in [2.45, 2.75) is 25.8 Å². The average molecular weight is 433 g/mol. The topological polar surface area (TPSA) is 57.9 Å². The molecule has 2 aromatic heterocycles. The summed E-state index contributed by atoms with van der Waals surface area (Å²) in [5.41, 5.74) is 9.37. The first-order chi connectivity index (χ1) is 13.6. The number of nitrogens with zero attached hydrogens (tertiary/aromatic N) is 2. The van der Waals surface area contributed by atoms with Gasteiger partial charge in [0.15, 0.2) is 5.13 Å². The highest BCUT2D eigenvalue weighted by Crippen LogP contribution is 2.40. The molecule has 1 unspecified atom stereocenters. The van der Waals surface area contributed by atoms with Crippen molar-refractivity contribution < 1.29 is 0 Å². The van der Waals surface area contributed by atoms with Gasteiger partial charge in [-0.2, -0.15) is 0 Å². The van der Waals surface area contributed by atoms with Crippen molar-refractivity contribution in [1.29, 1.82) is 0 Å². The van der Waals surface area contributed by atoms with Crippen LogP contribution in [0.1, 0.15) is 30.5 Å². The van der Waals surface area contributed by atoms with Crippen LogP contribution in [0, 0.1) is 0 Å². The van der Waals surface area contributed by atoms with Crippen LogP contribution in [0.3, 0.4) is 0 Å². The van der Waals surface area contributed by atoms with Gasteiger partial charge in [-0.1, -0.05) is 41.5 Å². The number of hydrogen-bond donors (Lipinski definition) is 2. The number of H-pyrrole nitrogens is 1. The van der Waals surface area contributed by atoms with Crippen LogP contribution in [-0.2, 0) is 6.54 Å². The van der Waals surface area contributed by atoms with Crippen molar-refractivity contribution in [3.8, 4) is 0 Å². The van der Waals surface area contributed by atoms with E-state index in [0.29, 0.717) is 5.92 Å². The summed E-state index contributed by atoms with van der Waals surface area (Å²) >= 11 is 14.1. The Hall–Kier alpha value is -1.79. The van der Waals surface area contributed by atoms with E-state index >= 15 is 0 Å². The molecule has 0 fully saturated rings. The molecule has 4 aromatic rings. The molecule has 1 aliphatic rings. The minimum atomic E-state index is 0.460. The number of thiazole rings is 1. The van der Waals surface area contributed by atoms with E-state index in [1.165, 1.54) is 23.7 Å². The van der Waals surface area contributed by atoms with E-state index in [2.05, 4.69) is 34.7 Å². The number of fused-ring (bicyclic) bond motifs is 4. The third-order valence-electron chi connectivity index (χ3n) is 5.18. The van der Waals surface area contributed by atoms with Gasteiger partial charge in [0.1, 0.15) is 0 Å². The van der Waals surface area contributed by atoms with Crippen molar-refractivity contribution in [2.24, 2.45) is 5.73 Å². The minimum Gasteiger partial charge on any atom is -0.357 e. The second kappa shape index (κ2) is 7.91. The van der Waals surface area contributed by atoms with Gasteiger partial charge < -0.3 is 15.6 Å². The second-order valence-electron chi connectivity index (χ2n) is 6.80. The van der Waals surface area contributed by atoms with Gasteiger partial charge in [0.05, 0.1) is 16.8 Å². The molecule has 3 N–H and O–H groups in total. The van der Waals surface area contributed by atoms with Crippen LogP contribution in [0.2, 0.25) is 10.0 Å². The first kappa shape index (κ1) is 19.5. The highest BCUT2D eigenvalue weighted by atomic mass is 35.5. The summed E-state index contributed by atoms with van der Waals surface area (Å²) < 4.78 is 1.13. The van der Waals surface area contributed by atoms with Crippen LogP contribution in [0.15, 0.2) is 36.4 Å². The van der Waals surface area contributed by atoms with Crippen molar-refractivity contribution in [2.75, 3.05) is 18.5 Å². The SMILES string of the molecule is CCC1CN(c2nc3ccc(Cl)cc3s2)Cc2[nH]c3ccc(Cl)cc3c21.CN. The molecule has 0 saturated heterocycles. The number of rotatable bonds is 2. The zero-order valence-corrected chi connectivity index (χ0v) is 18.1. The molecular formula is C21H22Cl2N4S. The molecular weight excluding hydrogens is 411 g/mol. The van der Waals surface area contributed by atoms with Crippen LogP contribution in [-0.4, -0.2) is 23.6 Å². The monoisotopic (exact) mass is 432 g/mol. The van der Waals surface area contributed by atoms with Crippen LogP contribution >= 0.6 is 34.5 Å². The van der Waals surface area contributed by atoms with E-state index < -0.39 is 0 Å². The summed E-state index contributed by atoms with van der Waals surface area (Å²) in [5, 5.41) is 3.87. The fourth-order valence-corrected chi connectivity index (χ4v) is 5.37. The number of nitrogens with one attached hydrogen (secondary N) is 1. The van der Waals surface area contributed by atoms with Gasteiger partial charge >= 0.3 is 0 Å². The molecule has 3 heterocycles. The highest BCUT2D eigenvalue weighted by Gasteiger charge is 2.29. The minimum absolute atomic E-state index is 0.460. The first-order valence-electron chi connectivity index (χ1n) is 9.31. The number of anilines is 1. The zero-order chi connectivity index (χ0) is 19.8. The molecule has 28 heavy (non-hydrogen) atoms. The Morgan fingerprint density at radius 1 is 1.18 bits per heavy atom. The molecule has 0 radical (unpaired) electrons. The van der Waals surface area contributed by atoms with Gasteiger partial charge in [-0.25, -0.2) is 4.98 Å². The zero-order valence-electron chi connectivity index (χ0n) is 15.8. The quantitative estimate of drug-likeness (QED) is 0.397. The Morgan fingerprint density at radius 2 is 1.93 bits per heavy atom. The fraction of sp³-hybridized carbons (Fsp3) is 0.286. The van der Waals surface area contributed by atoms with Crippen molar-refractivity contribution in [3.05, 3.63) is 57.7 Å². The predicted molar refractivity (Wildman–Crippen MR) is 122 cm³/mol. The molecule has 5 rings (SSSR count). The maximum Gasteiger partial charge on any atom is 0.186 e. The molecule has 4 nitrogen and oxygen atoms in total. The number of nitrogens with two attached hydrogens (primary N) is 1. The summed E-state index contributed by atoms with van der Waals surface area (Å²) in [5.74, 6) is 0.460. The molecule has 1 atom stereocenters. The number of benzene rings is 2. The van der Waals surface area contributed by atoms with Crippen molar-refractivity contribution >= 4 is 60.8 Å². The first-order valence-corrected chi connectivity index (χ1v) is 10.9. The van der Waals surface area contributed by atoms with Crippen molar-refractivity contribution in [1.82, 2.24) is 9.97 Å². The maximum atomic E-state index is 6.25. The normalized spacial score (nSPS) is 16.2. The molecule has 0 bridgehead atoms. The standard InChI is InChI=1S/C20H17Cl2N3S.CH5N/c1-2-11-9-25(20-24-16-6-4-13(22)8-18(16)26-20)10-17-19(11)14-7-12(21)3-5-15(14)23-17;1-2/h3-8,11,23H,2,9-10H2,1H3;2H2,1H3. The lowest BCUT2D eigenvalue weighted by atomic mass is 9.90. The van der Waals surface area contributed by atoms with E-state index in [1.807, 2.05) is 24.3 Å². The summed E-state index contributed by atoms with van der Waals surface area (Å²) in [4.78, 5) is 10.8. The molecule has 146 valence electrons. The molecule has 7 heteroatoms. The van der Waals surface area contributed by atoms with Crippen LogP contribution < -0.4 is 10.6 Å². The molecule has 0 aliphatic carbocycles. The van der Waals surface area contributed by atoms with E-state index in [4.69, 9.17) is 28.2 Å². The molecule has 1 aliphatic heterocycles. The Morgan fingerprint density at radius 3 is 2.71 bits per heavy atom. The van der Waals surface area contributed by atoms with Gasteiger partial charge in [0.2, 0.25) is 0 Å². The van der Waals surface area contributed by atoms with E-state index in [-0.39, 0.29) is 0 Å². The maximum absolute atomic E-state index is 6.25. The Kier molecular flexibility index (Phi) is 5.52. The lowest BCUT2D eigenvalue weighted by Crippen LogP contribution is -2.33. The Bertz CT molecular complexity index is 1130.